The fraction of sp³-hybridized carbons (Fsp3) is 0.818. The van der Waals surface area contributed by atoms with Crippen LogP contribution in [0.1, 0.15) is 19.8 Å². The number of likely N-dealkylation sites (tertiary alicyclic amines) is 1. The largest absolute Gasteiger partial charge is 0.358 e. The molecule has 0 aliphatic carbocycles. The van der Waals surface area contributed by atoms with Crippen molar-refractivity contribution >= 4 is 11.8 Å². The van der Waals surface area contributed by atoms with Crippen LogP contribution in [-0.4, -0.2) is 55.5 Å². The van der Waals surface area contributed by atoms with Crippen molar-refractivity contribution in [3.05, 3.63) is 0 Å². The molecule has 0 aromatic carbocycles. The van der Waals surface area contributed by atoms with Crippen molar-refractivity contribution in [3.63, 3.8) is 0 Å². The minimum Gasteiger partial charge on any atom is -0.358 e. The van der Waals surface area contributed by atoms with Gasteiger partial charge in [-0.25, -0.2) is 0 Å². The second-order valence-electron chi connectivity index (χ2n) is 4.52. The second kappa shape index (κ2) is 6.56. The fourth-order valence-corrected chi connectivity index (χ4v) is 1.85. The highest BCUT2D eigenvalue weighted by molar-refractivity contribution is 5.81. The number of nitrogens with zero attached hydrogens (tertiary/aromatic N) is 1. The standard InChI is InChI=1S/C11H22N4O2/c1-8(12)11(17)14-9-3-5-15(6-4-9)7-10(16)13-2/h8-9H,3-7,12H2,1-2H3,(H,13,16)(H,14,17)/t8-/m0/s1. The zero-order chi connectivity index (χ0) is 12.8. The minimum atomic E-state index is -0.459. The summed E-state index contributed by atoms with van der Waals surface area (Å²) in [5.74, 6) is -0.0715. The number of carbonyl (C=O) groups excluding carboxylic acids is 2. The number of carbonyl (C=O) groups is 2. The molecule has 98 valence electrons. The molecule has 0 unspecified atom stereocenters. The number of piperidine rings is 1. The van der Waals surface area contributed by atoms with Gasteiger partial charge in [-0.1, -0.05) is 0 Å². The van der Waals surface area contributed by atoms with Gasteiger partial charge in [0.05, 0.1) is 12.6 Å². The average molecular weight is 242 g/mol. The van der Waals surface area contributed by atoms with Crippen molar-refractivity contribution in [2.45, 2.75) is 31.8 Å². The fourth-order valence-electron chi connectivity index (χ4n) is 1.85. The zero-order valence-electron chi connectivity index (χ0n) is 10.5. The molecule has 0 aromatic heterocycles. The lowest BCUT2D eigenvalue weighted by Crippen LogP contribution is -2.50. The molecule has 0 saturated carbocycles. The van der Waals surface area contributed by atoms with Crippen LogP contribution in [0, 0.1) is 0 Å². The summed E-state index contributed by atoms with van der Waals surface area (Å²) < 4.78 is 0. The van der Waals surface area contributed by atoms with Crippen molar-refractivity contribution in [1.82, 2.24) is 15.5 Å². The SMILES string of the molecule is CNC(=O)CN1CCC(NC(=O)[C@H](C)N)CC1. The van der Waals surface area contributed by atoms with Gasteiger partial charge in [0, 0.05) is 26.2 Å². The van der Waals surface area contributed by atoms with Crippen molar-refractivity contribution in [2.24, 2.45) is 5.73 Å². The molecule has 1 saturated heterocycles. The van der Waals surface area contributed by atoms with Gasteiger partial charge in [0.2, 0.25) is 11.8 Å². The van der Waals surface area contributed by atoms with Crippen LogP contribution in [0.2, 0.25) is 0 Å². The molecular formula is C11H22N4O2. The number of hydrogen-bond donors (Lipinski definition) is 3. The van der Waals surface area contributed by atoms with Gasteiger partial charge in [-0.15, -0.1) is 0 Å². The van der Waals surface area contributed by atoms with E-state index in [9.17, 15) is 9.59 Å². The third-order valence-corrected chi connectivity index (χ3v) is 2.99. The van der Waals surface area contributed by atoms with Gasteiger partial charge in [-0.2, -0.15) is 0 Å². The predicted molar refractivity (Wildman–Crippen MR) is 65.3 cm³/mol. The van der Waals surface area contributed by atoms with Crippen LogP contribution in [0.5, 0.6) is 0 Å². The van der Waals surface area contributed by atoms with Gasteiger partial charge in [-0.3, -0.25) is 14.5 Å². The lowest BCUT2D eigenvalue weighted by molar-refractivity contribution is -0.124. The van der Waals surface area contributed by atoms with Gasteiger partial charge >= 0.3 is 0 Å². The molecule has 1 aliphatic heterocycles. The first-order valence-corrected chi connectivity index (χ1v) is 6.02. The third kappa shape index (κ3) is 4.70. The summed E-state index contributed by atoms with van der Waals surface area (Å²) >= 11 is 0. The van der Waals surface area contributed by atoms with Crippen LogP contribution in [0.25, 0.3) is 0 Å². The summed E-state index contributed by atoms with van der Waals surface area (Å²) in [5, 5.41) is 5.52. The van der Waals surface area contributed by atoms with E-state index in [0.717, 1.165) is 25.9 Å². The molecule has 1 fully saturated rings. The first kappa shape index (κ1) is 13.9. The zero-order valence-corrected chi connectivity index (χ0v) is 10.5. The van der Waals surface area contributed by atoms with Gasteiger partial charge in [0.1, 0.15) is 0 Å². The summed E-state index contributed by atoms with van der Waals surface area (Å²) in [6, 6.07) is -0.270. The summed E-state index contributed by atoms with van der Waals surface area (Å²) in [6.45, 7) is 3.77. The Morgan fingerprint density at radius 2 is 2.00 bits per heavy atom. The highest BCUT2D eigenvalue weighted by Crippen LogP contribution is 2.09. The van der Waals surface area contributed by atoms with E-state index in [0.29, 0.717) is 6.54 Å². The molecule has 0 spiro atoms. The average Bonchev–Trinajstić information content (AvgIpc) is 2.31. The Hall–Kier alpha value is -1.14. The molecule has 0 aromatic rings. The molecule has 0 bridgehead atoms. The van der Waals surface area contributed by atoms with Crippen LogP contribution in [0.15, 0.2) is 0 Å². The molecule has 1 rings (SSSR count). The van der Waals surface area contributed by atoms with E-state index in [4.69, 9.17) is 5.73 Å². The maximum absolute atomic E-state index is 11.4. The smallest absolute Gasteiger partial charge is 0.236 e. The summed E-state index contributed by atoms with van der Waals surface area (Å²) in [5.41, 5.74) is 5.49. The number of nitrogens with one attached hydrogen (secondary N) is 2. The van der Waals surface area contributed by atoms with Crippen LogP contribution in [0.3, 0.4) is 0 Å². The Bertz CT molecular complexity index is 273. The van der Waals surface area contributed by atoms with Crippen LogP contribution in [0.4, 0.5) is 0 Å². The van der Waals surface area contributed by atoms with E-state index in [1.807, 2.05) is 0 Å². The highest BCUT2D eigenvalue weighted by atomic mass is 16.2. The van der Waals surface area contributed by atoms with Crippen molar-refractivity contribution in [1.29, 1.82) is 0 Å². The first-order valence-electron chi connectivity index (χ1n) is 6.02. The second-order valence-corrected chi connectivity index (χ2v) is 4.52. The van der Waals surface area contributed by atoms with Crippen LogP contribution < -0.4 is 16.4 Å². The number of nitrogens with two attached hydrogens (primary N) is 1. The molecule has 6 heteroatoms. The first-order chi connectivity index (χ1) is 8.02. The molecule has 0 radical (unpaired) electrons. The lowest BCUT2D eigenvalue weighted by Gasteiger charge is -2.32. The van der Waals surface area contributed by atoms with E-state index in [2.05, 4.69) is 15.5 Å². The van der Waals surface area contributed by atoms with Gasteiger partial charge < -0.3 is 16.4 Å². The van der Waals surface area contributed by atoms with E-state index in [1.54, 1.807) is 14.0 Å². The number of likely N-dealkylation sites (N-methyl/N-ethyl adjacent to an activating group) is 1. The quantitative estimate of drug-likeness (QED) is 0.569. The van der Waals surface area contributed by atoms with Gasteiger partial charge in [-0.05, 0) is 19.8 Å². The summed E-state index contributed by atoms with van der Waals surface area (Å²) in [4.78, 5) is 24.7. The minimum absolute atomic E-state index is 0.0306. The number of hydrogen-bond acceptors (Lipinski definition) is 4. The van der Waals surface area contributed by atoms with E-state index >= 15 is 0 Å². The maximum atomic E-state index is 11.4. The van der Waals surface area contributed by atoms with Crippen LogP contribution >= 0.6 is 0 Å². The van der Waals surface area contributed by atoms with E-state index in [-0.39, 0.29) is 17.9 Å². The molecule has 1 atom stereocenters. The van der Waals surface area contributed by atoms with Crippen molar-refractivity contribution in [2.75, 3.05) is 26.7 Å². The Kier molecular flexibility index (Phi) is 5.37. The van der Waals surface area contributed by atoms with E-state index < -0.39 is 6.04 Å². The number of amides is 2. The summed E-state index contributed by atoms with van der Waals surface area (Å²) in [6.07, 6.45) is 1.74. The van der Waals surface area contributed by atoms with Crippen LogP contribution in [-0.2, 0) is 9.59 Å². The predicted octanol–water partition coefficient (Wildman–Crippen LogP) is -1.34. The number of rotatable bonds is 4. The molecule has 17 heavy (non-hydrogen) atoms. The Morgan fingerprint density at radius 1 is 1.41 bits per heavy atom. The normalized spacial score (nSPS) is 19.7. The maximum Gasteiger partial charge on any atom is 0.236 e. The summed E-state index contributed by atoms with van der Waals surface area (Å²) in [7, 11) is 1.64. The molecule has 1 aliphatic rings. The molecule has 4 N–H and O–H groups in total. The van der Waals surface area contributed by atoms with Crippen molar-refractivity contribution < 1.29 is 9.59 Å². The Balaban J connectivity index is 2.26. The van der Waals surface area contributed by atoms with Gasteiger partial charge in [0.25, 0.3) is 0 Å². The van der Waals surface area contributed by atoms with Crippen molar-refractivity contribution in [3.8, 4) is 0 Å². The molecular weight excluding hydrogens is 220 g/mol. The lowest BCUT2D eigenvalue weighted by atomic mass is 10.0. The Morgan fingerprint density at radius 3 is 2.47 bits per heavy atom. The van der Waals surface area contributed by atoms with Gasteiger partial charge in [0.15, 0.2) is 0 Å². The molecule has 6 nitrogen and oxygen atoms in total. The third-order valence-electron chi connectivity index (χ3n) is 2.99. The monoisotopic (exact) mass is 242 g/mol. The van der Waals surface area contributed by atoms with E-state index in [1.165, 1.54) is 0 Å². The molecule has 2 amide bonds. The highest BCUT2D eigenvalue weighted by Gasteiger charge is 2.22. The molecule has 1 heterocycles. The Labute approximate surface area is 102 Å². The topological polar surface area (TPSA) is 87.5 Å².